The van der Waals surface area contributed by atoms with E-state index in [-0.39, 0.29) is 5.03 Å². The number of halogens is 1. The van der Waals surface area contributed by atoms with E-state index in [4.69, 9.17) is 10.7 Å². The molecule has 4 nitrogen and oxygen atoms in total. The largest absolute Gasteiger partial charge is 0.291 e. The zero-order valence-corrected chi connectivity index (χ0v) is 7.53. The molecule has 1 aromatic heterocycles. The van der Waals surface area contributed by atoms with Gasteiger partial charge in [-0.3, -0.25) is 0 Å². The Bertz CT molecular complexity index is 325. The molecular formula is C4H3ClN2O2S2. The second-order valence-electron chi connectivity index (χ2n) is 1.54. The smallest absolute Gasteiger partial charge is 0.200 e. The van der Waals surface area contributed by atoms with E-state index in [1.807, 2.05) is 0 Å². The first-order valence-corrected chi connectivity index (χ1v) is 6.14. The lowest BCUT2D eigenvalue weighted by atomic mass is 10.6. The van der Waals surface area contributed by atoms with E-state index in [0.717, 1.165) is 0 Å². The fourth-order valence-corrected chi connectivity index (χ4v) is 2.31. The maximum Gasteiger partial charge on any atom is 0.291 e. The minimum Gasteiger partial charge on any atom is -0.200 e. The minimum atomic E-state index is -3.59. The van der Waals surface area contributed by atoms with Crippen LogP contribution in [0.15, 0.2) is 23.4 Å². The van der Waals surface area contributed by atoms with Crippen molar-refractivity contribution in [3.8, 4) is 0 Å². The average molecular weight is 211 g/mol. The maximum absolute atomic E-state index is 10.5. The molecule has 7 heteroatoms. The van der Waals surface area contributed by atoms with Crippen molar-refractivity contribution in [3.05, 3.63) is 18.3 Å². The quantitative estimate of drug-likeness (QED) is 0.540. The summed E-state index contributed by atoms with van der Waals surface area (Å²) in [6.45, 7) is 0. The van der Waals surface area contributed by atoms with Crippen LogP contribution in [0.2, 0.25) is 0 Å². The first kappa shape index (κ1) is 8.76. The van der Waals surface area contributed by atoms with Gasteiger partial charge in [-0.25, -0.2) is 8.42 Å². The molecule has 11 heavy (non-hydrogen) atoms. The molecule has 0 aliphatic heterocycles. The molecule has 1 rings (SSSR count). The molecule has 1 aromatic rings. The van der Waals surface area contributed by atoms with Gasteiger partial charge < -0.3 is 0 Å². The Labute approximate surface area is 71.8 Å². The topological polar surface area (TPSA) is 59.9 Å². The third kappa shape index (κ3) is 3.54. The SMILES string of the molecule is O=S(=O)(Cl)Sc1cccnn1. The van der Waals surface area contributed by atoms with Crippen LogP contribution in [0, 0.1) is 0 Å². The molecule has 0 atom stereocenters. The number of hydrogen-bond donors (Lipinski definition) is 0. The lowest BCUT2D eigenvalue weighted by Gasteiger charge is -1.91. The van der Waals surface area contributed by atoms with Crippen LogP contribution in [0.3, 0.4) is 0 Å². The van der Waals surface area contributed by atoms with Crippen molar-refractivity contribution < 1.29 is 8.42 Å². The average Bonchev–Trinajstić information content (AvgIpc) is 1.85. The highest BCUT2D eigenvalue weighted by Crippen LogP contribution is 2.24. The van der Waals surface area contributed by atoms with Gasteiger partial charge in [0.25, 0.3) is 8.08 Å². The van der Waals surface area contributed by atoms with Gasteiger partial charge in [-0.1, -0.05) is 0 Å². The van der Waals surface area contributed by atoms with Gasteiger partial charge in [-0.2, -0.15) is 5.10 Å². The molecule has 0 unspecified atom stereocenters. The summed E-state index contributed by atoms with van der Waals surface area (Å²) < 4.78 is 20.9. The second kappa shape index (κ2) is 3.38. The molecule has 0 spiro atoms. The number of nitrogens with zero attached hydrogens (tertiary/aromatic N) is 2. The molecule has 60 valence electrons. The van der Waals surface area contributed by atoms with Crippen molar-refractivity contribution in [2.24, 2.45) is 0 Å². The summed E-state index contributed by atoms with van der Waals surface area (Å²) in [6, 6.07) is 3.09. The lowest BCUT2D eigenvalue weighted by molar-refractivity contribution is 0.622. The van der Waals surface area contributed by atoms with Crippen LogP contribution < -0.4 is 0 Å². The molecule has 0 radical (unpaired) electrons. The van der Waals surface area contributed by atoms with Gasteiger partial charge in [0.15, 0.2) is 0 Å². The first-order chi connectivity index (χ1) is 5.08. The van der Waals surface area contributed by atoms with E-state index >= 15 is 0 Å². The Morgan fingerprint density at radius 2 is 2.27 bits per heavy atom. The van der Waals surface area contributed by atoms with Gasteiger partial charge in [-0.05, 0) is 12.1 Å². The first-order valence-electron chi connectivity index (χ1n) is 2.50. The van der Waals surface area contributed by atoms with Crippen molar-refractivity contribution in [2.45, 2.75) is 5.03 Å². The van der Waals surface area contributed by atoms with E-state index < -0.39 is 8.08 Å². The van der Waals surface area contributed by atoms with Crippen LogP contribution in [0.5, 0.6) is 0 Å². The zero-order chi connectivity index (χ0) is 8.32. The van der Waals surface area contributed by atoms with Crippen molar-refractivity contribution in [2.75, 3.05) is 0 Å². The normalized spacial score (nSPS) is 11.4. The van der Waals surface area contributed by atoms with E-state index in [9.17, 15) is 8.42 Å². The lowest BCUT2D eigenvalue weighted by Crippen LogP contribution is -1.85. The summed E-state index contributed by atoms with van der Waals surface area (Å²) in [6.07, 6.45) is 1.45. The van der Waals surface area contributed by atoms with Gasteiger partial charge in [0.1, 0.15) is 5.03 Å². The van der Waals surface area contributed by atoms with E-state index in [1.165, 1.54) is 12.3 Å². The molecule has 0 N–H and O–H groups in total. The van der Waals surface area contributed by atoms with Gasteiger partial charge in [0.05, 0.1) is 0 Å². The molecular weight excluding hydrogens is 208 g/mol. The van der Waals surface area contributed by atoms with Crippen LogP contribution >= 0.6 is 21.5 Å². The predicted molar refractivity (Wildman–Crippen MR) is 42.7 cm³/mol. The number of rotatable bonds is 2. The summed E-state index contributed by atoms with van der Waals surface area (Å²) in [7, 11) is 1.81. The summed E-state index contributed by atoms with van der Waals surface area (Å²) in [5.41, 5.74) is 0. The molecule has 0 aromatic carbocycles. The van der Waals surface area contributed by atoms with Gasteiger partial charge in [-0.15, -0.1) is 5.10 Å². The molecule has 0 aliphatic carbocycles. The third-order valence-electron chi connectivity index (χ3n) is 0.733. The fourth-order valence-electron chi connectivity index (χ4n) is 0.434. The maximum atomic E-state index is 10.5. The van der Waals surface area contributed by atoms with Crippen LogP contribution in [-0.2, 0) is 8.08 Å². The van der Waals surface area contributed by atoms with Gasteiger partial charge >= 0.3 is 0 Å². The molecule has 0 saturated carbocycles. The zero-order valence-electron chi connectivity index (χ0n) is 5.14. The Morgan fingerprint density at radius 3 is 2.73 bits per heavy atom. The molecule has 0 saturated heterocycles. The van der Waals surface area contributed by atoms with E-state index in [2.05, 4.69) is 10.2 Å². The van der Waals surface area contributed by atoms with Crippen LogP contribution in [0.1, 0.15) is 0 Å². The fraction of sp³-hybridized carbons (Fsp3) is 0. The van der Waals surface area contributed by atoms with Crippen molar-refractivity contribution in [1.82, 2.24) is 10.2 Å². The molecule has 0 bridgehead atoms. The van der Waals surface area contributed by atoms with Crippen molar-refractivity contribution in [1.29, 1.82) is 0 Å². The minimum absolute atomic E-state index is 0.266. The van der Waals surface area contributed by atoms with Crippen LogP contribution in [0.25, 0.3) is 0 Å². The standard InChI is InChI=1S/C4H3ClN2O2S2/c5-11(8,9)10-4-2-1-3-6-7-4/h1-3H. The van der Waals surface area contributed by atoms with Crippen molar-refractivity contribution in [3.63, 3.8) is 0 Å². The van der Waals surface area contributed by atoms with E-state index in [0.29, 0.717) is 10.8 Å². The Morgan fingerprint density at radius 1 is 1.55 bits per heavy atom. The summed E-state index contributed by atoms with van der Waals surface area (Å²) >= 11 is 0. The number of aromatic nitrogens is 2. The molecule has 0 amide bonds. The monoisotopic (exact) mass is 210 g/mol. The second-order valence-corrected chi connectivity index (χ2v) is 6.49. The predicted octanol–water partition coefficient (Wildman–Crippen LogP) is 1.05. The Balaban J connectivity index is 2.82. The Kier molecular flexibility index (Phi) is 2.69. The summed E-state index contributed by atoms with van der Waals surface area (Å²) in [4.78, 5) is 0. The highest BCUT2D eigenvalue weighted by atomic mass is 35.8. The molecule has 1 heterocycles. The number of hydrogen-bond acceptors (Lipinski definition) is 5. The van der Waals surface area contributed by atoms with Gasteiger partial charge in [0.2, 0.25) is 0 Å². The highest BCUT2D eigenvalue weighted by molar-refractivity contribution is 8.80. The highest BCUT2D eigenvalue weighted by Gasteiger charge is 2.08. The Hall–Kier alpha value is -0.330. The van der Waals surface area contributed by atoms with E-state index in [1.54, 1.807) is 6.07 Å². The molecule has 0 fully saturated rings. The summed E-state index contributed by atoms with van der Waals surface area (Å²) in [5, 5.41) is 7.25. The third-order valence-corrected chi connectivity index (χ3v) is 3.00. The summed E-state index contributed by atoms with van der Waals surface area (Å²) in [5.74, 6) is 0. The van der Waals surface area contributed by atoms with Crippen molar-refractivity contribution >= 4 is 29.6 Å². The van der Waals surface area contributed by atoms with Crippen LogP contribution in [0.4, 0.5) is 0 Å². The van der Waals surface area contributed by atoms with Crippen LogP contribution in [-0.4, -0.2) is 18.6 Å². The van der Waals surface area contributed by atoms with Gasteiger partial charge in [0, 0.05) is 27.7 Å². The molecule has 0 aliphatic rings.